The number of carbonyl (C=O) groups excluding carboxylic acids is 1. The molecule has 0 aliphatic carbocycles. The SMILES string of the molecule is NNc1ccc(Cl)cc1C(=O)NCc1ccon1. The fourth-order valence-corrected chi connectivity index (χ4v) is 1.60. The highest BCUT2D eigenvalue weighted by atomic mass is 35.5. The van der Waals surface area contributed by atoms with E-state index in [4.69, 9.17) is 17.4 Å². The van der Waals surface area contributed by atoms with Gasteiger partial charge in [0.1, 0.15) is 12.0 Å². The van der Waals surface area contributed by atoms with Gasteiger partial charge < -0.3 is 15.3 Å². The summed E-state index contributed by atoms with van der Waals surface area (Å²) in [6.07, 6.45) is 1.44. The van der Waals surface area contributed by atoms with Crippen molar-refractivity contribution < 1.29 is 9.32 Å². The van der Waals surface area contributed by atoms with E-state index in [0.29, 0.717) is 22.0 Å². The Labute approximate surface area is 108 Å². The summed E-state index contributed by atoms with van der Waals surface area (Å²) < 4.78 is 4.66. The molecule has 0 saturated carbocycles. The van der Waals surface area contributed by atoms with Crippen LogP contribution in [0, 0.1) is 0 Å². The molecule has 0 spiro atoms. The minimum absolute atomic E-state index is 0.270. The number of halogens is 1. The van der Waals surface area contributed by atoms with Crippen LogP contribution in [0.15, 0.2) is 35.1 Å². The van der Waals surface area contributed by atoms with Crippen molar-refractivity contribution >= 4 is 23.2 Å². The van der Waals surface area contributed by atoms with E-state index in [2.05, 4.69) is 20.4 Å². The predicted octanol–water partition coefficient (Wildman–Crippen LogP) is 1.54. The average molecular weight is 267 g/mol. The molecule has 1 amide bonds. The second-order valence-electron chi connectivity index (χ2n) is 3.51. The summed E-state index contributed by atoms with van der Waals surface area (Å²) >= 11 is 5.84. The highest BCUT2D eigenvalue weighted by molar-refractivity contribution is 6.31. The standard InChI is InChI=1S/C11H11ClN4O2/c12-7-1-2-10(15-13)9(5-7)11(17)14-6-8-3-4-18-16-8/h1-5,15H,6,13H2,(H,14,17). The summed E-state index contributed by atoms with van der Waals surface area (Å²) in [6, 6.07) is 6.48. The van der Waals surface area contributed by atoms with Crippen molar-refractivity contribution in [2.45, 2.75) is 6.54 Å². The molecule has 1 heterocycles. The number of amides is 1. The zero-order valence-electron chi connectivity index (χ0n) is 9.31. The topological polar surface area (TPSA) is 93.2 Å². The number of nitrogens with two attached hydrogens (primary N) is 1. The van der Waals surface area contributed by atoms with Gasteiger partial charge in [-0.15, -0.1) is 0 Å². The maximum Gasteiger partial charge on any atom is 0.253 e. The third-order valence-electron chi connectivity index (χ3n) is 2.30. The summed E-state index contributed by atoms with van der Waals surface area (Å²) in [5.41, 5.74) is 3.94. The van der Waals surface area contributed by atoms with Crippen LogP contribution in [0.5, 0.6) is 0 Å². The molecule has 0 unspecified atom stereocenters. The highest BCUT2D eigenvalue weighted by Gasteiger charge is 2.11. The Balaban J connectivity index is 2.10. The first-order chi connectivity index (χ1) is 8.70. The second kappa shape index (κ2) is 5.52. The number of nitrogens with one attached hydrogen (secondary N) is 2. The van der Waals surface area contributed by atoms with Crippen molar-refractivity contribution in [3.05, 3.63) is 46.8 Å². The first kappa shape index (κ1) is 12.4. The van der Waals surface area contributed by atoms with Crippen molar-refractivity contribution in [3.8, 4) is 0 Å². The molecule has 0 aliphatic rings. The number of hydrazine groups is 1. The zero-order chi connectivity index (χ0) is 13.0. The van der Waals surface area contributed by atoms with E-state index in [9.17, 15) is 4.79 Å². The van der Waals surface area contributed by atoms with Gasteiger partial charge in [0.15, 0.2) is 0 Å². The monoisotopic (exact) mass is 266 g/mol. The lowest BCUT2D eigenvalue weighted by Crippen LogP contribution is -2.25. The lowest BCUT2D eigenvalue weighted by molar-refractivity contribution is 0.0951. The van der Waals surface area contributed by atoms with Crippen LogP contribution in [0.1, 0.15) is 16.1 Å². The van der Waals surface area contributed by atoms with Crippen molar-refractivity contribution in [1.29, 1.82) is 0 Å². The Bertz CT molecular complexity index is 542. The minimum Gasteiger partial charge on any atom is -0.364 e. The molecular weight excluding hydrogens is 256 g/mol. The molecule has 1 aromatic carbocycles. The largest absolute Gasteiger partial charge is 0.364 e. The molecule has 1 aromatic heterocycles. The molecule has 2 rings (SSSR count). The average Bonchev–Trinajstić information content (AvgIpc) is 2.89. The summed E-state index contributed by atoms with van der Waals surface area (Å²) in [7, 11) is 0. The fourth-order valence-electron chi connectivity index (χ4n) is 1.42. The molecule has 18 heavy (non-hydrogen) atoms. The van der Waals surface area contributed by atoms with Crippen LogP contribution < -0.4 is 16.6 Å². The first-order valence-corrected chi connectivity index (χ1v) is 5.52. The third kappa shape index (κ3) is 2.79. The van der Waals surface area contributed by atoms with E-state index < -0.39 is 0 Å². The Hall–Kier alpha value is -2.05. The van der Waals surface area contributed by atoms with E-state index >= 15 is 0 Å². The number of carbonyl (C=O) groups is 1. The molecule has 0 atom stereocenters. The van der Waals surface area contributed by atoms with E-state index in [-0.39, 0.29) is 12.5 Å². The van der Waals surface area contributed by atoms with Crippen molar-refractivity contribution in [2.24, 2.45) is 5.84 Å². The summed E-state index contributed by atoms with van der Waals surface area (Å²) in [6.45, 7) is 0.270. The molecule has 94 valence electrons. The van der Waals surface area contributed by atoms with Crippen LogP contribution in [0.25, 0.3) is 0 Å². The molecule has 0 fully saturated rings. The van der Waals surface area contributed by atoms with Gasteiger partial charge in [-0.3, -0.25) is 10.6 Å². The van der Waals surface area contributed by atoms with Crippen LogP contribution in [-0.4, -0.2) is 11.1 Å². The Morgan fingerprint density at radius 2 is 2.28 bits per heavy atom. The smallest absolute Gasteiger partial charge is 0.253 e. The van der Waals surface area contributed by atoms with Crippen molar-refractivity contribution in [1.82, 2.24) is 10.5 Å². The summed E-state index contributed by atoms with van der Waals surface area (Å²) in [5.74, 6) is 5.03. The van der Waals surface area contributed by atoms with E-state index in [1.54, 1.807) is 18.2 Å². The molecule has 0 radical (unpaired) electrons. The van der Waals surface area contributed by atoms with Gasteiger partial charge in [-0.25, -0.2) is 0 Å². The van der Waals surface area contributed by atoms with Crippen LogP contribution in [-0.2, 0) is 6.54 Å². The van der Waals surface area contributed by atoms with Gasteiger partial charge in [0.2, 0.25) is 0 Å². The highest BCUT2D eigenvalue weighted by Crippen LogP contribution is 2.19. The Kier molecular flexibility index (Phi) is 3.81. The third-order valence-corrected chi connectivity index (χ3v) is 2.54. The lowest BCUT2D eigenvalue weighted by atomic mass is 10.1. The number of aromatic nitrogens is 1. The van der Waals surface area contributed by atoms with E-state index in [0.717, 1.165) is 0 Å². The van der Waals surface area contributed by atoms with Gasteiger partial charge in [0.05, 0.1) is 17.8 Å². The number of anilines is 1. The van der Waals surface area contributed by atoms with Gasteiger partial charge in [0.25, 0.3) is 5.91 Å². The van der Waals surface area contributed by atoms with Crippen LogP contribution in [0.4, 0.5) is 5.69 Å². The molecule has 0 bridgehead atoms. The van der Waals surface area contributed by atoms with Crippen molar-refractivity contribution in [3.63, 3.8) is 0 Å². The quantitative estimate of drug-likeness (QED) is 0.577. The number of hydrogen-bond acceptors (Lipinski definition) is 5. The van der Waals surface area contributed by atoms with E-state index in [1.165, 1.54) is 12.3 Å². The normalized spacial score (nSPS) is 10.1. The molecular formula is C11H11ClN4O2. The molecule has 4 N–H and O–H groups in total. The van der Waals surface area contributed by atoms with Gasteiger partial charge >= 0.3 is 0 Å². The Morgan fingerprint density at radius 1 is 1.44 bits per heavy atom. The maximum absolute atomic E-state index is 11.9. The molecule has 0 aliphatic heterocycles. The van der Waals surface area contributed by atoms with Crippen LogP contribution >= 0.6 is 11.6 Å². The number of benzene rings is 1. The minimum atomic E-state index is -0.298. The molecule has 7 heteroatoms. The maximum atomic E-state index is 11.9. The van der Waals surface area contributed by atoms with Gasteiger partial charge in [-0.05, 0) is 18.2 Å². The summed E-state index contributed by atoms with van der Waals surface area (Å²) in [5, 5.41) is 6.83. The number of nitrogen functional groups attached to an aromatic ring is 1. The zero-order valence-corrected chi connectivity index (χ0v) is 10.1. The molecule has 0 saturated heterocycles. The van der Waals surface area contributed by atoms with Crippen molar-refractivity contribution in [2.75, 3.05) is 5.43 Å². The van der Waals surface area contributed by atoms with Crippen LogP contribution in [0.3, 0.4) is 0 Å². The number of hydrogen-bond donors (Lipinski definition) is 3. The number of nitrogens with zero attached hydrogens (tertiary/aromatic N) is 1. The van der Waals surface area contributed by atoms with Gasteiger partial charge in [-0.1, -0.05) is 16.8 Å². The lowest BCUT2D eigenvalue weighted by Gasteiger charge is -2.09. The molecule has 2 aromatic rings. The Morgan fingerprint density at radius 3 is 2.94 bits per heavy atom. The molecule has 6 nitrogen and oxygen atoms in total. The van der Waals surface area contributed by atoms with E-state index in [1.807, 2.05) is 0 Å². The summed E-state index contributed by atoms with van der Waals surface area (Å²) in [4.78, 5) is 11.9. The van der Waals surface area contributed by atoms with Gasteiger partial charge in [0, 0.05) is 11.1 Å². The number of rotatable bonds is 4. The second-order valence-corrected chi connectivity index (χ2v) is 3.94. The van der Waals surface area contributed by atoms with Gasteiger partial charge in [-0.2, -0.15) is 0 Å². The fraction of sp³-hybridized carbons (Fsp3) is 0.0909. The van der Waals surface area contributed by atoms with Crippen LogP contribution in [0.2, 0.25) is 5.02 Å². The predicted molar refractivity (Wildman–Crippen MR) is 66.9 cm³/mol. The first-order valence-electron chi connectivity index (χ1n) is 5.14.